The molecule has 2 aromatic carbocycles. The van der Waals surface area contributed by atoms with Crippen molar-refractivity contribution in [2.75, 3.05) is 6.61 Å². The minimum absolute atomic E-state index is 0.0963. The highest BCUT2D eigenvalue weighted by molar-refractivity contribution is 6.30. The van der Waals surface area contributed by atoms with Crippen LogP contribution in [-0.2, 0) is 0 Å². The number of carbonyl (C=O) groups is 2. The first kappa shape index (κ1) is 21.9. The van der Waals surface area contributed by atoms with Crippen LogP contribution in [0.25, 0.3) is 0 Å². The molecule has 0 aliphatic carbocycles. The molecule has 0 spiro atoms. The van der Waals surface area contributed by atoms with Crippen LogP contribution in [0.2, 0.25) is 5.02 Å². The van der Waals surface area contributed by atoms with E-state index in [1.165, 1.54) is 53.8 Å². The number of amides is 2. The van der Waals surface area contributed by atoms with Gasteiger partial charge in [-0.25, -0.2) is 4.79 Å². The lowest BCUT2D eigenvalue weighted by atomic mass is 9.77. The number of alkyl halides is 3. The van der Waals surface area contributed by atoms with E-state index in [2.05, 4.69) is 5.32 Å². The summed E-state index contributed by atoms with van der Waals surface area (Å²) in [6.07, 6.45) is -5.32. The second-order valence-electron chi connectivity index (χ2n) is 6.69. The fourth-order valence-corrected chi connectivity index (χ4v) is 3.47. The van der Waals surface area contributed by atoms with E-state index in [0.29, 0.717) is 12.4 Å². The van der Waals surface area contributed by atoms with Gasteiger partial charge >= 0.3 is 12.2 Å². The maximum Gasteiger partial charge on any atom is 0.437 e. The number of benzene rings is 2. The van der Waals surface area contributed by atoms with Gasteiger partial charge in [0.15, 0.2) is 5.78 Å². The first-order valence-electron chi connectivity index (χ1n) is 8.97. The Balaban J connectivity index is 2.10. The maximum absolute atomic E-state index is 13.9. The normalized spacial score (nSPS) is 24.0. The van der Waals surface area contributed by atoms with E-state index in [4.69, 9.17) is 16.3 Å². The average molecular weight is 443 g/mol. The smallest absolute Gasteiger partial charge is 0.437 e. The molecule has 3 atom stereocenters. The maximum atomic E-state index is 13.9. The molecule has 3 rings (SSSR count). The number of halogens is 4. The summed E-state index contributed by atoms with van der Waals surface area (Å²) >= 11 is 5.79. The van der Waals surface area contributed by atoms with Crippen molar-refractivity contribution in [2.24, 2.45) is 5.92 Å². The van der Waals surface area contributed by atoms with E-state index in [9.17, 15) is 27.9 Å². The Morgan fingerprint density at radius 2 is 1.77 bits per heavy atom. The molecular weight excluding hydrogens is 425 g/mol. The lowest BCUT2D eigenvalue weighted by Gasteiger charge is -2.45. The van der Waals surface area contributed by atoms with Crippen LogP contribution in [0, 0.1) is 5.92 Å². The molecule has 30 heavy (non-hydrogen) atoms. The number of carbonyl (C=O) groups excluding carboxylic acids is 2. The molecule has 2 aromatic rings. The minimum atomic E-state index is -5.32. The zero-order valence-electron chi connectivity index (χ0n) is 15.7. The SMILES string of the molecule is CCOc1ccc(C2NC(=O)NC(O)(C(F)(F)F)C2C(=O)c2ccc(Cl)cc2)cc1. The van der Waals surface area contributed by atoms with Crippen LogP contribution >= 0.6 is 11.6 Å². The largest absolute Gasteiger partial charge is 0.494 e. The number of rotatable bonds is 5. The van der Waals surface area contributed by atoms with Gasteiger partial charge in [0.05, 0.1) is 12.6 Å². The van der Waals surface area contributed by atoms with Gasteiger partial charge in [-0.2, -0.15) is 13.2 Å². The van der Waals surface area contributed by atoms with Crippen LogP contribution in [0.3, 0.4) is 0 Å². The molecule has 1 fully saturated rings. The van der Waals surface area contributed by atoms with Crippen molar-refractivity contribution in [2.45, 2.75) is 24.9 Å². The highest BCUT2D eigenvalue weighted by atomic mass is 35.5. The van der Waals surface area contributed by atoms with Gasteiger partial charge in [-0.05, 0) is 48.9 Å². The second kappa shape index (κ2) is 8.16. The van der Waals surface area contributed by atoms with Crippen molar-refractivity contribution >= 4 is 23.4 Å². The third-order valence-electron chi connectivity index (χ3n) is 4.77. The van der Waals surface area contributed by atoms with E-state index in [1.54, 1.807) is 6.92 Å². The molecule has 3 unspecified atom stereocenters. The van der Waals surface area contributed by atoms with Crippen LogP contribution in [0.4, 0.5) is 18.0 Å². The van der Waals surface area contributed by atoms with Gasteiger partial charge in [-0.3, -0.25) is 4.79 Å². The first-order chi connectivity index (χ1) is 14.1. The molecule has 160 valence electrons. The van der Waals surface area contributed by atoms with Gasteiger partial charge in [0.2, 0.25) is 5.72 Å². The molecule has 0 aromatic heterocycles. The van der Waals surface area contributed by atoms with Crippen LogP contribution < -0.4 is 15.4 Å². The summed E-state index contributed by atoms with van der Waals surface area (Å²) < 4.78 is 46.9. The number of ketones is 1. The Morgan fingerprint density at radius 1 is 1.17 bits per heavy atom. The highest BCUT2D eigenvalue weighted by Gasteiger charge is 2.66. The zero-order valence-corrected chi connectivity index (χ0v) is 16.4. The van der Waals surface area contributed by atoms with Gasteiger partial charge in [-0.15, -0.1) is 0 Å². The van der Waals surface area contributed by atoms with Gasteiger partial charge in [0, 0.05) is 10.6 Å². The number of hydrogen-bond acceptors (Lipinski definition) is 4. The van der Waals surface area contributed by atoms with Crippen LogP contribution in [0.15, 0.2) is 48.5 Å². The average Bonchev–Trinajstić information content (AvgIpc) is 2.67. The van der Waals surface area contributed by atoms with Crippen molar-refractivity contribution < 1.29 is 32.6 Å². The van der Waals surface area contributed by atoms with Crippen LogP contribution in [0.1, 0.15) is 28.9 Å². The number of Topliss-reactive ketones (excluding diaryl/α,β-unsaturated/α-hetero) is 1. The summed E-state index contributed by atoms with van der Waals surface area (Å²) in [4.78, 5) is 25.1. The summed E-state index contributed by atoms with van der Waals surface area (Å²) in [5, 5.41) is 14.6. The number of aliphatic hydroxyl groups is 1. The van der Waals surface area contributed by atoms with Crippen molar-refractivity contribution in [3.05, 3.63) is 64.7 Å². The van der Waals surface area contributed by atoms with E-state index in [1.807, 2.05) is 0 Å². The Labute approximate surface area is 175 Å². The van der Waals surface area contributed by atoms with Gasteiger partial charge in [0.25, 0.3) is 0 Å². The summed E-state index contributed by atoms with van der Waals surface area (Å²) in [5.74, 6) is -2.65. The summed E-state index contributed by atoms with van der Waals surface area (Å²) in [7, 11) is 0. The highest BCUT2D eigenvalue weighted by Crippen LogP contribution is 2.44. The van der Waals surface area contributed by atoms with Gasteiger partial charge < -0.3 is 20.5 Å². The molecule has 0 saturated carbocycles. The van der Waals surface area contributed by atoms with Crippen molar-refractivity contribution in [3.63, 3.8) is 0 Å². The minimum Gasteiger partial charge on any atom is -0.494 e. The van der Waals surface area contributed by atoms with Crippen LogP contribution in [0.5, 0.6) is 5.75 Å². The lowest BCUT2D eigenvalue weighted by Crippen LogP contribution is -2.72. The number of nitrogens with one attached hydrogen (secondary N) is 2. The Bertz CT molecular complexity index is 935. The van der Waals surface area contributed by atoms with Crippen molar-refractivity contribution in [1.29, 1.82) is 0 Å². The fraction of sp³-hybridized carbons (Fsp3) is 0.300. The topological polar surface area (TPSA) is 87.7 Å². The molecule has 6 nitrogen and oxygen atoms in total. The third-order valence-corrected chi connectivity index (χ3v) is 5.02. The Hall–Kier alpha value is -2.78. The van der Waals surface area contributed by atoms with Gasteiger partial charge in [-0.1, -0.05) is 23.7 Å². The van der Waals surface area contributed by atoms with E-state index in [-0.39, 0.29) is 16.1 Å². The molecule has 0 radical (unpaired) electrons. The lowest BCUT2D eigenvalue weighted by molar-refractivity contribution is -0.287. The quantitative estimate of drug-likeness (QED) is 0.614. The summed E-state index contributed by atoms with van der Waals surface area (Å²) in [6, 6.07) is 8.37. The Kier molecular flexibility index (Phi) is 5.96. The summed E-state index contributed by atoms with van der Waals surface area (Å²) in [5.41, 5.74) is -3.68. The predicted molar refractivity (Wildman–Crippen MR) is 102 cm³/mol. The zero-order chi connectivity index (χ0) is 22.1. The molecule has 1 saturated heterocycles. The Morgan fingerprint density at radius 3 is 2.30 bits per heavy atom. The van der Waals surface area contributed by atoms with Crippen molar-refractivity contribution in [3.8, 4) is 5.75 Å². The molecule has 2 amide bonds. The van der Waals surface area contributed by atoms with Crippen LogP contribution in [-0.4, -0.2) is 35.4 Å². The molecular formula is C20H18ClF3N2O4. The molecule has 0 bridgehead atoms. The molecule has 1 aliphatic heterocycles. The standard InChI is InChI=1S/C20H18ClF3N2O4/c1-2-30-14-9-5-11(6-10-14)16-15(17(27)12-3-7-13(21)8-4-12)19(29,20(22,23)24)26-18(28)25-16/h3-10,15-16,29H,2H2,1H3,(H2,25,26,28). The fourth-order valence-electron chi connectivity index (χ4n) is 3.35. The molecule has 10 heteroatoms. The molecule has 3 N–H and O–H groups in total. The monoisotopic (exact) mass is 442 g/mol. The number of ether oxygens (including phenoxy) is 1. The van der Waals surface area contributed by atoms with Gasteiger partial charge in [0.1, 0.15) is 11.7 Å². The summed E-state index contributed by atoms with van der Waals surface area (Å²) in [6.45, 7) is 2.15. The number of urea groups is 1. The predicted octanol–water partition coefficient (Wildman–Crippen LogP) is 3.84. The van der Waals surface area contributed by atoms with E-state index < -0.39 is 35.7 Å². The van der Waals surface area contributed by atoms with E-state index in [0.717, 1.165) is 0 Å². The van der Waals surface area contributed by atoms with Crippen molar-refractivity contribution in [1.82, 2.24) is 10.6 Å². The van der Waals surface area contributed by atoms with E-state index >= 15 is 0 Å². The number of hydrogen-bond donors (Lipinski definition) is 3. The third kappa shape index (κ3) is 4.08. The molecule has 1 aliphatic rings. The molecule has 1 heterocycles. The second-order valence-corrected chi connectivity index (χ2v) is 7.13. The first-order valence-corrected chi connectivity index (χ1v) is 9.35.